The van der Waals surface area contributed by atoms with Crippen molar-refractivity contribution in [3.05, 3.63) is 16.1 Å². The van der Waals surface area contributed by atoms with E-state index in [2.05, 4.69) is 10.3 Å². The van der Waals surface area contributed by atoms with Gasteiger partial charge in [0.15, 0.2) is 5.69 Å². The number of aromatic nitrogens is 1. The summed E-state index contributed by atoms with van der Waals surface area (Å²) in [4.78, 5) is 26.5. The van der Waals surface area contributed by atoms with E-state index >= 15 is 0 Å². The second kappa shape index (κ2) is 8.21. The molecule has 1 aliphatic heterocycles. The highest BCUT2D eigenvalue weighted by Crippen LogP contribution is 2.13. The smallest absolute Gasteiger partial charge is 0.355 e. The number of hydrogen-bond donors (Lipinski definition) is 2. The Bertz CT molecular complexity index is 513. The van der Waals surface area contributed by atoms with Crippen LogP contribution in [0.5, 0.6) is 0 Å². The number of carboxylic acid groups (broad SMARTS) is 1. The summed E-state index contributed by atoms with van der Waals surface area (Å²) in [6, 6.07) is 0. The van der Waals surface area contributed by atoms with E-state index in [-0.39, 0.29) is 17.7 Å². The van der Waals surface area contributed by atoms with Crippen LogP contribution in [-0.2, 0) is 20.7 Å². The molecule has 0 bridgehead atoms. The zero-order valence-electron chi connectivity index (χ0n) is 12.4. The van der Waals surface area contributed by atoms with Gasteiger partial charge in [0, 0.05) is 25.0 Å². The fourth-order valence-corrected chi connectivity index (χ4v) is 2.84. The maximum Gasteiger partial charge on any atom is 0.355 e. The normalized spacial score (nSPS) is 19.0. The third-order valence-electron chi connectivity index (χ3n) is 3.33. The van der Waals surface area contributed by atoms with E-state index in [4.69, 9.17) is 14.6 Å². The predicted molar refractivity (Wildman–Crippen MR) is 80.2 cm³/mol. The Balaban J connectivity index is 1.64. The highest BCUT2D eigenvalue weighted by atomic mass is 32.1. The minimum atomic E-state index is -1.04. The first-order valence-electron chi connectivity index (χ1n) is 7.25. The Hall–Kier alpha value is -1.51. The summed E-state index contributed by atoms with van der Waals surface area (Å²) in [5.41, 5.74) is 0.0413. The van der Waals surface area contributed by atoms with E-state index in [1.54, 1.807) is 6.92 Å². The van der Waals surface area contributed by atoms with Gasteiger partial charge < -0.3 is 19.9 Å². The van der Waals surface area contributed by atoms with E-state index < -0.39 is 12.1 Å². The molecule has 2 heterocycles. The lowest BCUT2D eigenvalue weighted by Gasteiger charge is -2.15. The molecule has 7 nitrogen and oxygen atoms in total. The van der Waals surface area contributed by atoms with Gasteiger partial charge in [-0.05, 0) is 19.8 Å². The van der Waals surface area contributed by atoms with Crippen molar-refractivity contribution in [1.29, 1.82) is 0 Å². The molecule has 0 saturated carbocycles. The summed E-state index contributed by atoms with van der Waals surface area (Å²) < 4.78 is 10.9. The minimum Gasteiger partial charge on any atom is -0.476 e. The molecule has 2 N–H and O–H groups in total. The molecule has 22 heavy (non-hydrogen) atoms. The number of nitrogens with one attached hydrogen (secondary N) is 1. The monoisotopic (exact) mass is 328 g/mol. The van der Waals surface area contributed by atoms with Gasteiger partial charge in [-0.15, -0.1) is 11.3 Å². The van der Waals surface area contributed by atoms with Crippen LogP contribution < -0.4 is 5.32 Å². The van der Waals surface area contributed by atoms with Gasteiger partial charge in [0.1, 0.15) is 6.10 Å². The maximum absolute atomic E-state index is 11.9. The van der Waals surface area contributed by atoms with Crippen molar-refractivity contribution in [3.8, 4) is 0 Å². The number of ether oxygens (including phenoxy) is 2. The minimum absolute atomic E-state index is 0.0413. The van der Waals surface area contributed by atoms with Crippen LogP contribution in [0.1, 0.15) is 35.3 Å². The number of carbonyl (C=O) groups is 2. The molecule has 0 radical (unpaired) electrons. The molecule has 0 aliphatic carbocycles. The highest BCUT2D eigenvalue weighted by molar-refractivity contribution is 7.09. The van der Waals surface area contributed by atoms with Gasteiger partial charge in [0.05, 0.1) is 17.7 Å². The number of thiazole rings is 1. The number of carboxylic acids is 1. The van der Waals surface area contributed by atoms with Crippen LogP contribution in [-0.4, -0.2) is 53.9 Å². The largest absolute Gasteiger partial charge is 0.476 e. The Kier molecular flexibility index (Phi) is 6.29. The molecular weight excluding hydrogens is 308 g/mol. The number of aromatic carboxylic acids is 1. The van der Waals surface area contributed by atoms with E-state index in [1.165, 1.54) is 16.7 Å². The summed E-state index contributed by atoms with van der Waals surface area (Å²) in [5, 5.41) is 13.7. The highest BCUT2D eigenvalue weighted by Gasteiger charge is 2.19. The number of carbonyl (C=O) groups excluding carboxylic acids is 1. The first kappa shape index (κ1) is 16.9. The number of rotatable bonds is 8. The molecule has 1 amide bonds. The summed E-state index contributed by atoms with van der Waals surface area (Å²) in [6.07, 6.45) is 2.09. The molecule has 0 aromatic carbocycles. The van der Waals surface area contributed by atoms with Gasteiger partial charge in [0.2, 0.25) is 5.91 Å². The molecule has 1 aliphatic rings. The Morgan fingerprint density at radius 2 is 2.45 bits per heavy atom. The molecule has 1 saturated heterocycles. The molecule has 1 aromatic rings. The lowest BCUT2D eigenvalue weighted by molar-refractivity contribution is -0.133. The number of nitrogens with zero attached hydrogens (tertiary/aromatic N) is 1. The van der Waals surface area contributed by atoms with E-state index in [9.17, 15) is 9.59 Å². The molecule has 2 unspecified atom stereocenters. The van der Waals surface area contributed by atoms with Crippen molar-refractivity contribution in [2.75, 3.05) is 19.8 Å². The molecule has 122 valence electrons. The van der Waals surface area contributed by atoms with Crippen LogP contribution >= 0.6 is 11.3 Å². The van der Waals surface area contributed by atoms with Crippen molar-refractivity contribution >= 4 is 23.2 Å². The predicted octanol–water partition coefficient (Wildman–Crippen LogP) is 1.08. The van der Waals surface area contributed by atoms with E-state index in [1.807, 2.05) is 0 Å². The van der Waals surface area contributed by atoms with Gasteiger partial charge in [-0.25, -0.2) is 9.78 Å². The van der Waals surface area contributed by atoms with Crippen molar-refractivity contribution in [2.24, 2.45) is 0 Å². The lowest BCUT2D eigenvalue weighted by atomic mass is 10.2. The Morgan fingerprint density at radius 1 is 1.64 bits per heavy atom. The first-order valence-corrected chi connectivity index (χ1v) is 8.13. The molecule has 2 atom stereocenters. The van der Waals surface area contributed by atoms with Crippen molar-refractivity contribution < 1.29 is 24.2 Å². The van der Waals surface area contributed by atoms with Crippen LogP contribution in [0.25, 0.3) is 0 Å². The zero-order valence-corrected chi connectivity index (χ0v) is 13.2. The number of amides is 1. The van der Waals surface area contributed by atoms with Crippen LogP contribution in [0.4, 0.5) is 0 Å². The topological polar surface area (TPSA) is 97.8 Å². The summed E-state index contributed by atoms with van der Waals surface area (Å²) in [5.74, 6) is -1.23. The average molecular weight is 328 g/mol. The fraction of sp³-hybridized carbons (Fsp3) is 0.643. The van der Waals surface area contributed by atoms with Crippen LogP contribution in [0, 0.1) is 0 Å². The van der Waals surface area contributed by atoms with Gasteiger partial charge in [-0.1, -0.05) is 0 Å². The van der Waals surface area contributed by atoms with Gasteiger partial charge in [0.25, 0.3) is 0 Å². The second-order valence-corrected chi connectivity index (χ2v) is 6.03. The third kappa shape index (κ3) is 5.04. The standard InChI is InChI=1S/C14H20N2O5S/c1-9(21-7-10-3-2-6-20-10)13(17)15-5-4-12-16-11(8-22-12)14(18)19/h8-10H,2-7H2,1H3,(H,15,17)(H,18,19). The average Bonchev–Trinajstić information content (AvgIpc) is 3.16. The van der Waals surface area contributed by atoms with Crippen molar-refractivity contribution in [2.45, 2.75) is 38.4 Å². The van der Waals surface area contributed by atoms with Gasteiger partial charge >= 0.3 is 5.97 Å². The van der Waals surface area contributed by atoms with E-state index in [0.29, 0.717) is 24.6 Å². The molecule has 1 fully saturated rings. The summed E-state index contributed by atoms with van der Waals surface area (Å²) >= 11 is 1.27. The molecule has 8 heteroatoms. The molecule has 2 rings (SSSR count). The summed E-state index contributed by atoms with van der Waals surface area (Å²) in [7, 11) is 0. The lowest BCUT2D eigenvalue weighted by Crippen LogP contribution is -2.37. The van der Waals surface area contributed by atoms with E-state index in [0.717, 1.165) is 19.4 Å². The third-order valence-corrected chi connectivity index (χ3v) is 4.24. The first-order chi connectivity index (χ1) is 10.6. The maximum atomic E-state index is 11.9. The van der Waals surface area contributed by atoms with Gasteiger partial charge in [-0.3, -0.25) is 4.79 Å². The van der Waals surface area contributed by atoms with Crippen LogP contribution in [0.15, 0.2) is 5.38 Å². The zero-order chi connectivity index (χ0) is 15.9. The van der Waals surface area contributed by atoms with Gasteiger partial charge in [-0.2, -0.15) is 0 Å². The number of hydrogen-bond acceptors (Lipinski definition) is 6. The molecular formula is C14H20N2O5S. The Morgan fingerprint density at radius 3 is 3.09 bits per heavy atom. The second-order valence-electron chi connectivity index (χ2n) is 5.08. The quantitative estimate of drug-likeness (QED) is 0.741. The van der Waals surface area contributed by atoms with Crippen LogP contribution in [0.2, 0.25) is 0 Å². The summed E-state index contributed by atoms with van der Waals surface area (Å²) in [6.45, 7) is 3.30. The molecule has 1 aromatic heterocycles. The van der Waals surface area contributed by atoms with Crippen molar-refractivity contribution in [1.82, 2.24) is 10.3 Å². The van der Waals surface area contributed by atoms with Crippen LogP contribution in [0.3, 0.4) is 0 Å². The Labute approximate surface area is 132 Å². The molecule has 0 spiro atoms. The fourth-order valence-electron chi connectivity index (χ4n) is 2.06. The SMILES string of the molecule is CC(OCC1CCCO1)C(=O)NCCc1nc(C(=O)O)cs1. The van der Waals surface area contributed by atoms with Crippen molar-refractivity contribution in [3.63, 3.8) is 0 Å².